The Morgan fingerprint density at radius 2 is 2.11 bits per heavy atom. The summed E-state index contributed by atoms with van der Waals surface area (Å²) in [4.78, 5) is 16.2. The second-order valence-corrected chi connectivity index (χ2v) is 6.66. The lowest BCUT2D eigenvalue weighted by Gasteiger charge is -2.39. The van der Waals surface area contributed by atoms with E-state index in [1.54, 1.807) is 0 Å². The highest BCUT2D eigenvalue weighted by Gasteiger charge is 2.37. The Hall–Kier alpha value is -0.610. The molecule has 2 atom stereocenters. The summed E-state index contributed by atoms with van der Waals surface area (Å²) in [7, 11) is 2.22. The molecule has 1 N–H and O–H groups in total. The zero-order chi connectivity index (χ0) is 13.9. The zero-order valence-corrected chi connectivity index (χ0v) is 12.4. The van der Waals surface area contributed by atoms with Crippen LogP contribution in [0.5, 0.6) is 0 Å². The molecule has 0 aromatic heterocycles. The van der Waals surface area contributed by atoms with Gasteiger partial charge in [0.15, 0.2) is 0 Å². The molecule has 4 heteroatoms. The first-order chi connectivity index (χ1) is 9.01. The van der Waals surface area contributed by atoms with Crippen LogP contribution >= 0.6 is 0 Å². The van der Waals surface area contributed by atoms with Crippen LogP contribution in [0.25, 0.3) is 0 Å². The van der Waals surface area contributed by atoms with Crippen molar-refractivity contribution in [3.8, 4) is 0 Å². The monoisotopic (exact) mass is 268 g/mol. The summed E-state index contributed by atoms with van der Waals surface area (Å²) < 4.78 is 0. The van der Waals surface area contributed by atoms with Crippen molar-refractivity contribution in [1.29, 1.82) is 0 Å². The molecule has 0 aromatic carbocycles. The number of carboxylic acids is 1. The van der Waals surface area contributed by atoms with Gasteiger partial charge in [-0.1, -0.05) is 6.42 Å². The molecule has 4 nitrogen and oxygen atoms in total. The van der Waals surface area contributed by atoms with Gasteiger partial charge in [0.2, 0.25) is 0 Å². The molecule has 2 rings (SSSR count). The van der Waals surface area contributed by atoms with Crippen molar-refractivity contribution >= 4 is 5.97 Å². The third-order valence-electron chi connectivity index (χ3n) is 4.99. The van der Waals surface area contributed by atoms with E-state index < -0.39 is 11.4 Å². The van der Waals surface area contributed by atoms with Crippen molar-refractivity contribution in [3.05, 3.63) is 0 Å². The van der Waals surface area contributed by atoms with Crippen molar-refractivity contribution in [1.82, 2.24) is 9.80 Å². The lowest BCUT2D eigenvalue weighted by molar-refractivity contribution is -0.151. The normalized spacial score (nSPS) is 34.3. The molecule has 2 aliphatic rings. The SMILES string of the molecule is CN1CCCCC1CCN1CCCC(C)(C(=O)O)C1. The van der Waals surface area contributed by atoms with Crippen LogP contribution in [0.2, 0.25) is 0 Å². The Morgan fingerprint density at radius 1 is 1.32 bits per heavy atom. The van der Waals surface area contributed by atoms with Gasteiger partial charge in [0, 0.05) is 12.6 Å². The fourth-order valence-corrected chi connectivity index (χ4v) is 3.55. The van der Waals surface area contributed by atoms with Crippen LogP contribution in [0.15, 0.2) is 0 Å². The summed E-state index contributed by atoms with van der Waals surface area (Å²) in [5.74, 6) is -0.632. The van der Waals surface area contributed by atoms with Crippen molar-refractivity contribution in [2.45, 2.75) is 51.5 Å². The molecule has 0 aromatic rings. The van der Waals surface area contributed by atoms with Crippen LogP contribution in [-0.4, -0.2) is 60.1 Å². The van der Waals surface area contributed by atoms with Crippen LogP contribution in [0, 0.1) is 5.41 Å². The van der Waals surface area contributed by atoms with E-state index in [2.05, 4.69) is 16.8 Å². The quantitative estimate of drug-likeness (QED) is 0.847. The Balaban J connectivity index is 1.81. The third-order valence-corrected chi connectivity index (χ3v) is 4.99. The van der Waals surface area contributed by atoms with Gasteiger partial charge in [-0.25, -0.2) is 0 Å². The maximum atomic E-state index is 11.3. The van der Waals surface area contributed by atoms with Crippen LogP contribution in [0.1, 0.15) is 45.4 Å². The first kappa shape index (κ1) is 14.8. The molecule has 0 spiro atoms. The number of hydrogen-bond donors (Lipinski definition) is 1. The molecule has 0 saturated carbocycles. The molecule has 19 heavy (non-hydrogen) atoms. The molecule has 110 valence electrons. The number of nitrogens with zero attached hydrogens (tertiary/aromatic N) is 2. The molecule has 2 aliphatic heterocycles. The summed E-state index contributed by atoms with van der Waals surface area (Å²) in [6, 6.07) is 0.701. The van der Waals surface area contributed by atoms with E-state index >= 15 is 0 Å². The molecule has 0 bridgehead atoms. The van der Waals surface area contributed by atoms with Crippen LogP contribution in [-0.2, 0) is 4.79 Å². The molecular weight excluding hydrogens is 240 g/mol. The highest BCUT2D eigenvalue weighted by atomic mass is 16.4. The predicted octanol–water partition coefficient (Wildman–Crippen LogP) is 2.05. The van der Waals surface area contributed by atoms with E-state index in [9.17, 15) is 9.90 Å². The summed E-state index contributed by atoms with van der Waals surface area (Å²) in [5, 5.41) is 9.34. The number of hydrogen-bond acceptors (Lipinski definition) is 3. The standard InChI is InChI=1S/C15H28N2O2/c1-15(14(18)19)8-5-10-17(12-15)11-7-13-6-3-4-9-16(13)2/h13H,3-12H2,1-2H3,(H,18,19). The first-order valence-corrected chi connectivity index (χ1v) is 7.67. The fourth-order valence-electron chi connectivity index (χ4n) is 3.55. The Morgan fingerprint density at radius 3 is 2.79 bits per heavy atom. The van der Waals surface area contributed by atoms with Gasteiger partial charge in [0.1, 0.15) is 0 Å². The summed E-state index contributed by atoms with van der Waals surface area (Å²) in [6.07, 6.45) is 7.01. The van der Waals surface area contributed by atoms with E-state index in [4.69, 9.17) is 0 Å². The van der Waals surface area contributed by atoms with Crippen molar-refractivity contribution in [2.24, 2.45) is 5.41 Å². The first-order valence-electron chi connectivity index (χ1n) is 7.67. The maximum absolute atomic E-state index is 11.3. The van der Waals surface area contributed by atoms with E-state index in [0.29, 0.717) is 6.04 Å². The van der Waals surface area contributed by atoms with Crippen molar-refractivity contribution in [2.75, 3.05) is 33.2 Å². The largest absolute Gasteiger partial charge is 0.481 e. The molecule has 2 heterocycles. The zero-order valence-electron chi connectivity index (χ0n) is 12.4. The minimum absolute atomic E-state index is 0.531. The number of rotatable bonds is 4. The van der Waals surface area contributed by atoms with Gasteiger partial charge in [0.25, 0.3) is 0 Å². The predicted molar refractivity (Wildman–Crippen MR) is 76.3 cm³/mol. The van der Waals surface area contributed by atoms with E-state index in [1.165, 1.54) is 32.2 Å². The molecule has 0 aliphatic carbocycles. The number of likely N-dealkylation sites (tertiary alicyclic amines) is 2. The van der Waals surface area contributed by atoms with Crippen LogP contribution in [0.4, 0.5) is 0 Å². The molecule has 2 saturated heterocycles. The Kier molecular flexibility index (Phi) is 4.85. The van der Waals surface area contributed by atoms with Gasteiger partial charge in [-0.15, -0.1) is 0 Å². The topological polar surface area (TPSA) is 43.8 Å². The maximum Gasteiger partial charge on any atom is 0.310 e. The number of aliphatic carboxylic acids is 1. The molecule has 2 unspecified atom stereocenters. The molecular formula is C15H28N2O2. The van der Waals surface area contributed by atoms with Gasteiger partial charge >= 0.3 is 5.97 Å². The lowest BCUT2D eigenvalue weighted by atomic mass is 9.82. The fraction of sp³-hybridized carbons (Fsp3) is 0.933. The lowest BCUT2D eigenvalue weighted by Crippen LogP contribution is -2.47. The van der Waals surface area contributed by atoms with Crippen molar-refractivity contribution < 1.29 is 9.90 Å². The average molecular weight is 268 g/mol. The molecule has 0 amide bonds. The van der Waals surface area contributed by atoms with Crippen LogP contribution in [0.3, 0.4) is 0 Å². The van der Waals surface area contributed by atoms with E-state index in [-0.39, 0.29) is 0 Å². The Bertz CT molecular complexity index is 321. The Labute approximate surface area is 116 Å². The summed E-state index contributed by atoms with van der Waals surface area (Å²) in [5.41, 5.74) is -0.531. The minimum atomic E-state index is -0.632. The van der Waals surface area contributed by atoms with Crippen molar-refractivity contribution in [3.63, 3.8) is 0 Å². The van der Waals surface area contributed by atoms with Crippen LogP contribution < -0.4 is 0 Å². The van der Waals surface area contributed by atoms with E-state index in [0.717, 1.165) is 32.5 Å². The minimum Gasteiger partial charge on any atom is -0.481 e. The molecule has 2 fully saturated rings. The second-order valence-electron chi connectivity index (χ2n) is 6.66. The highest BCUT2D eigenvalue weighted by Crippen LogP contribution is 2.30. The van der Waals surface area contributed by atoms with Gasteiger partial charge in [-0.2, -0.15) is 0 Å². The number of carbonyl (C=O) groups is 1. The van der Waals surface area contributed by atoms with Gasteiger partial charge in [-0.3, -0.25) is 4.79 Å². The third kappa shape index (κ3) is 3.69. The highest BCUT2D eigenvalue weighted by molar-refractivity contribution is 5.74. The summed E-state index contributed by atoms with van der Waals surface area (Å²) >= 11 is 0. The average Bonchev–Trinajstić information content (AvgIpc) is 2.38. The summed E-state index contributed by atoms with van der Waals surface area (Å²) in [6.45, 7) is 5.96. The number of piperidine rings is 2. The van der Waals surface area contributed by atoms with Gasteiger partial charge in [0.05, 0.1) is 5.41 Å². The molecule has 0 radical (unpaired) electrons. The smallest absolute Gasteiger partial charge is 0.310 e. The van der Waals surface area contributed by atoms with E-state index in [1.807, 2.05) is 6.92 Å². The number of carboxylic acid groups (broad SMARTS) is 1. The second kappa shape index (κ2) is 6.23. The van der Waals surface area contributed by atoms with Gasteiger partial charge < -0.3 is 14.9 Å². The van der Waals surface area contributed by atoms with Gasteiger partial charge in [-0.05, 0) is 65.7 Å².